The van der Waals surface area contributed by atoms with Crippen LogP contribution in [-0.4, -0.2) is 33.9 Å². The molecule has 0 spiro atoms. The highest BCUT2D eigenvalue weighted by Gasteiger charge is 2.25. The Bertz CT molecular complexity index is 568. The van der Waals surface area contributed by atoms with Crippen LogP contribution in [0, 0.1) is 21.4 Å². The minimum absolute atomic E-state index is 0.157. The van der Waals surface area contributed by atoms with Crippen molar-refractivity contribution in [3.05, 3.63) is 27.9 Å². The predicted molar refractivity (Wildman–Crippen MR) is 66.3 cm³/mol. The van der Waals surface area contributed by atoms with E-state index in [2.05, 4.69) is 10.1 Å². The molecular weight excluding hydrogens is 250 g/mol. The Labute approximate surface area is 108 Å². The van der Waals surface area contributed by atoms with Gasteiger partial charge in [0.15, 0.2) is 0 Å². The first kappa shape index (κ1) is 12.8. The van der Waals surface area contributed by atoms with Crippen LogP contribution >= 0.6 is 0 Å². The van der Waals surface area contributed by atoms with Gasteiger partial charge in [-0.2, -0.15) is 5.26 Å². The van der Waals surface area contributed by atoms with E-state index in [0.29, 0.717) is 31.6 Å². The number of hydrogen-bond donors (Lipinski definition) is 1. The van der Waals surface area contributed by atoms with E-state index in [-0.39, 0.29) is 17.1 Å². The van der Waals surface area contributed by atoms with Crippen molar-refractivity contribution < 1.29 is 10.1 Å². The zero-order chi connectivity index (χ0) is 13.8. The number of anilines is 1. The molecule has 0 saturated carbocycles. The molecular formula is C11H11N5O3. The van der Waals surface area contributed by atoms with Crippen molar-refractivity contribution >= 4 is 17.2 Å². The van der Waals surface area contributed by atoms with Gasteiger partial charge in [0.1, 0.15) is 6.07 Å². The van der Waals surface area contributed by atoms with E-state index in [9.17, 15) is 10.1 Å². The van der Waals surface area contributed by atoms with Crippen LogP contribution in [-0.2, 0) is 0 Å². The van der Waals surface area contributed by atoms with E-state index in [1.165, 1.54) is 12.3 Å². The third-order valence-electron chi connectivity index (χ3n) is 2.95. The third-order valence-corrected chi connectivity index (χ3v) is 2.95. The van der Waals surface area contributed by atoms with Gasteiger partial charge < -0.3 is 10.1 Å². The first-order valence-electron chi connectivity index (χ1n) is 5.65. The van der Waals surface area contributed by atoms with Crippen LogP contribution < -0.4 is 4.90 Å². The molecule has 1 saturated heterocycles. The lowest BCUT2D eigenvalue weighted by molar-refractivity contribution is -0.384. The molecule has 1 aromatic heterocycles. The maximum absolute atomic E-state index is 11.0. The molecule has 1 fully saturated rings. The quantitative estimate of drug-likeness (QED) is 0.487. The van der Waals surface area contributed by atoms with E-state index < -0.39 is 4.92 Å². The van der Waals surface area contributed by atoms with Crippen LogP contribution in [0.5, 0.6) is 0 Å². The number of rotatable bonds is 2. The van der Waals surface area contributed by atoms with E-state index in [4.69, 9.17) is 10.5 Å². The Morgan fingerprint density at radius 2 is 2.21 bits per heavy atom. The van der Waals surface area contributed by atoms with Crippen LogP contribution in [0.3, 0.4) is 0 Å². The highest BCUT2D eigenvalue weighted by Crippen LogP contribution is 2.28. The highest BCUT2D eigenvalue weighted by atomic mass is 16.6. The van der Waals surface area contributed by atoms with E-state index in [1.807, 2.05) is 6.07 Å². The van der Waals surface area contributed by atoms with Gasteiger partial charge in [0.2, 0.25) is 5.82 Å². The lowest BCUT2D eigenvalue weighted by Gasteiger charge is -2.27. The van der Waals surface area contributed by atoms with Crippen LogP contribution in [0.2, 0.25) is 0 Å². The molecule has 2 heterocycles. The lowest BCUT2D eigenvalue weighted by Crippen LogP contribution is -2.34. The van der Waals surface area contributed by atoms with E-state index in [0.717, 1.165) is 0 Å². The minimum Gasteiger partial charge on any atom is -0.411 e. The fourth-order valence-electron chi connectivity index (χ4n) is 1.96. The number of nitrogens with zero attached hydrogens (tertiary/aromatic N) is 5. The zero-order valence-corrected chi connectivity index (χ0v) is 9.98. The third kappa shape index (κ3) is 2.60. The van der Waals surface area contributed by atoms with Crippen molar-refractivity contribution in [3.63, 3.8) is 0 Å². The second-order valence-corrected chi connectivity index (χ2v) is 4.09. The molecule has 98 valence electrons. The fraction of sp³-hybridized carbons (Fsp3) is 0.364. The number of hydrogen-bond acceptors (Lipinski definition) is 7. The zero-order valence-electron chi connectivity index (χ0n) is 9.98. The molecule has 8 nitrogen and oxygen atoms in total. The summed E-state index contributed by atoms with van der Waals surface area (Å²) in [6.07, 6.45) is 2.39. The monoisotopic (exact) mass is 261 g/mol. The van der Waals surface area contributed by atoms with Crippen molar-refractivity contribution in [2.24, 2.45) is 5.16 Å². The molecule has 0 amide bonds. The number of nitro groups is 1. The van der Waals surface area contributed by atoms with Crippen LogP contribution in [0.25, 0.3) is 0 Å². The average molecular weight is 261 g/mol. The summed E-state index contributed by atoms with van der Waals surface area (Å²) in [6.45, 7) is 0.998. The summed E-state index contributed by atoms with van der Waals surface area (Å²) in [6, 6.07) is 3.05. The summed E-state index contributed by atoms with van der Waals surface area (Å²) >= 11 is 0. The second kappa shape index (κ2) is 5.30. The first-order chi connectivity index (χ1) is 9.15. The Hall–Kier alpha value is -2.69. The average Bonchev–Trinajstić information content (AvgIpc) is 2.46. The minimum atomic E-state index is -0.543. The van der Waals surface area contributed by atoms with Gasteiger partial charge in [-0.15, -0.1) is 0 Å². The molecule has 1 N–H and O–H groups in total. The van der Waals surface area contributed by atoms with Crippen molar-refractivity contribution in [1.29, 1.82) is 5.26 Å². The van der Waals surface area contributed by atoms with Crippen molar-refractivity contribution in [2.45, 2.75) is 12.8 Å². The van der Waals surface area contributed by atoms with Gasteiger partial charge in [-0.1, -0.05) is 5.16 Å². The molecule has 0 atom stereocenters. The van der Waals surface area contributed by atoms with Crippen LogP contribution in [0.1, 0.15) is 18.4 Å². The molecule has 0 aliphatic carbocycles. The maximum Gasteiger partial charge on any atom is 0.312 e. The summed E-state index contributed by atoms with van der Waals surface area (Å²) in [4.78, 5) is 16.2. The smallest absolute Gasteiger partial charge is 0.312 e. The van der Waals surface area contributed by atoms with E-state index >= 15 is 0 Å². The van der Waals surface area contributed by atoms with Gasteiger partial charge >= 0.3 is 5.69 Å². The molecule has 19 heavy (non-hydrogen) atoms. The molecule has 0 bridgehead atoms. The topological polar surface area (TPSA) is 116 Å². The number of aromatic nitrogens is 1. The van der Waals surface area contributed by atoms with Gasteiger partial charge in [0.05, 0.1) is 16.2 Å². The van der Waals surface area contributed by atoms with Crippen molar-refractivity contribution in [1.82, 2.24) is 4.98 Å². The van der Waals surface area contributed by atoms with Gasteiger partial charge in [-0.05, 0) is 0 Å². The Morgan fingerprint density at radius 3 is 2.74 bits per heavy atom. The second-order valence-electron chi connectivity index (χ2n) is 4.09. The highest BCUT2D eigenvalue weighted by molar-refractivity contribution is 5.86. The molecule has 0 radical (unpaired) electrons. The number of nitriles is 1. The Morgan fingerprint density at radius 1 is 1.53 bits per heavy atom. The molecule has 1 aliphatic rings. The summed E-state index contributed by atoms with van der Waals surface area (Å²) < 4.78 is 0. The lowest BCUT2D eigenvalue weighted by atomic mass is 10.1. The number of oxime groups is 1. The van der Waals surface area contributed by atoms with Gasteiger partial charge in [-0.25, -0.2) is 4.98 Å². The molecule has 0 aromatic carbocycles. The fourth-order valence-corrected chi connectivity index (χ4v) is 1.96. The number of pyridine rings is 1. The summed E-state index contributed by atoms with van der Waals surface area (Å²) in [5.74, 6) is 0.251. The van der Waals surface area contributed by atoms with Crippen molar-refractivity contribution in [2.75, 3.05) is 18.0 Å². The number of piperidine rings is 1. The van der Waals surface area contributed by atoms with Gasteiger partial charge in [0.25, 0.3) is 0 Å². The predicted octanol–water partition coefficient (Wildman–Crippen LogP) is 1.29. The van der Waals surface area contributed by atoms with Crippen LogP contribution in [0.15, 0.2) is 17.4 Å². The Balaban J connectivity index is 2.30. The maximum atomic E-state index is 11.0. The van der Waals surface area contributed by atoms with Crippen LogP contribution in [0.4, 0.5) is 11.5 Å². The van der Waals surface area contributed by atoms with Gasteiger partial charge in [-0.3, -0.25) is 10.1 Å². The van der Waals surface area contributed by atoms with Gasteiger partial charge in [0, 0.05) is 38.2 Å². The molecule has 8 heteroatoms. The molecule has 0 unspecified atom stereocenters. The molecule has 1 aliphatic heterocycles. The summed E-state index contributed by atoms with van der Waals surface area (Å²) in [5.41, 5.74) is 0.654. The van der Waals surface area contributed by atoms with E-state index in [1.54, 1.807) is 4.90 Å². The standard InChI is InChI=1S/C11H11N5O3/c12-6-8-5-10(16(18)19)11(13-7-8)15-3-1-9(14-17)2-4-15/h5,7,17H,1-4H2. The normalized spacial score (nSPS) is 14.9. The SMILES string of the molecule is N#Cc1cnc(N2CCC(=NO)CC2)c([N+](=O)[O-])c1. The largest absolute Gasteiger partial charge is 0.411 e. The molecule has 1 aromatic rings. The summed E-state index contributed by atoms with van der Waals surface area (Å²) in [5, 5.41) is 31.6. The first-order valence-corrected chi connectivity index (χ1v) is 5.65. The Kier molecular flexibility index (Phi) is 3.56. The van der Waals surface area contributed by atoms with Crippen molar-refractivity contribution in [3.8, 4) is 6.07 Å². The molecule has 2 rings (SSSR count). The summed E-state index contributed by atoms with van der Waals surface area (Å²) in [7, 11) is 0.